The van der Waals surface area contributed by atoms with Crippen LogP contribution in [0.5, 0.6) is 0 Å². The van der Waals surface area contributed by atoms with E-state index in [0.717, 1.165) is 23.8 Å². The van der Waals surface area contributed by atoms with Crippen LogP contribution >= 0.6 is 0 Å². The van der Waals surface area contributed by atoms with Gasteiger partial charge in [0.2, 0.25) is 5.82 Å². The van der Waals surface area contributed by atoms with Crippen LogP contribution < -0.4 is 16.6 Å². The summed E-state index contributed by atoms with van der Waals surface area (Å²) < 4.78 is 2.28. The molecule has 1 saturated carbocycles. The van der Waals surface area contributed by atoms with E-state index < -0.39 is 5.69 Å². The summed E-state index contributed by atoms with van der Waals surface area (Å²) in [6.07, 6.45) is 4.47. The topological polar surface area (TPSA) is 72.2 Å². The number of aromatic nitrogens is 3. The Morgan fingerprint density at radius 1 is 1.20 bits per heavy atom. The minimum Gasteiger partial charge on any atom is -0.360 e. The highest BCUT2D eigenvalue weighted by Crippen LogP contribution is 2.23. The predicted molar refractivity (Wildman–Crippen MR) is 78.1 cm³/mol. The fourth-order valence-corrected chi connectivity index (χ4v) is 2.86. The maximum atomic E-state index is 12.1. The monoisotopic (exact) mass is 281 g/mol. The molecule has 1 unspecified atom stereocenters. The normalized spacial score (nSPS) is 23.1. The van der Waals surface area contributed by atoms with Gasteiger partial charge < -0.3 is 10.2 Å². The lowest BCUT2D eigenvalue weighted by atomic mass is 9.89. The lowest BCUT2D eigenvalue weighted by Gasteiger charge is -2.36. The zero-order chi connectivity index (χ0) is 14.9. The fraction of sp³-hybridized carbons (Fsp3) is 0.769. The van der Waals surface area contributed by atoms with Crippen LogP contribution in [0.25, 0.3) is 0 Å². The highest BCUT2D eigenvalue weighted by Gasteiger charge is 2.27. The van der Waals surface area contributed by atoms with Gasteiger partial charge in [-0.3, -0.25) is 9.36 Å². The number of anilines is 1. The number of nitrogens with zero attached hydrogens (tertiary/aromatic N) is 4. The van der Waals surface area contributed by atoms with Gasteiger partial charge >= 0.3 is 5.69 Å². The van der Waals surface area contributed by atoms with Crippen molar-refractivity contribution < 1.29 is 0 Å². The minimum atomic E-state index is -0.409. The third-order valence-electron chi connectivity index (χ3n) is 4.04. The summed E-state index contributed by atoms with van der Waals surface area (Å²) in [6.45, 7) is 0. The summed E-state index contributed by atoms with van der Waals surface area (Å²) in [5, 5.41) is 7.31. The first-order chi connectivity index (χ1) is 9.41. The molecule has 2 atom stereocenters. The summed E-state index contributed by atoms with van der Waals surface area (Å²) in [7, 11) is 7.13. The number of hydrogen-bond acceptors (Lipinski definition) is 5. The Morgan fingerprint density at radius 3 is 2.50 bits per heavy atom. The molecule has 7 nitrogen and oxygen atoms in total. The molecule has 7 heteroatoms. The first kappa shape index (κ1) is 14.8. The van der Waals surface area contributed by atoms with Crippen LogP contribution in [0.1, 0.15) is 25.7 Å². The smallest absolute Gasteiger partial charge is 0.346 e. The fourth-order valence-electron chi connectivity index (χ4n) is 2.86. The molecule has 1 aliphatic rings. The van der Waals surface area contributed by atoms with E-state index in [-0.39, 0.29) is 17.4 Å². The van der Waals surface area contributed by atoms with E-state index >= 15 is 0 Å². The second kappa shape index (κ2) is 5.78. The van der Waals surface area contributed by atoms with Crippen molar-refractivity contribution in [2.45, 2.75) is 37.8 Å². The number of likely N-dealkylation sites (N-methyl/N-ethyl adjacent to an activating group) is 1. The third-order valence-corrected chi connectivity index (χ3v) is 4.04. The van der Waals surface area contributed by atoms with Crippen LogP contribution in [0, 0.1) is 0 Å². The quantitative estimate of drug-likeness (QED) is 0.828. The van der Waals surface area contributed by atoms with Crippen molar-refractivity contribution in [1.29, 1.82) is 0 Å². The standard InChI is InChI=1S/C13H23N5O2/c1-16(2)10-8-6-5-7-9(10)14-11-12(19)17(3)13(20)18(4)15-11/h9-10H,5-8H2,1-4H3,(H,14,15)/t9-,10?/m1/s1. The van der Waals surface area contributed by atoms with Crippen molar-refractivity contribution in [3.8, 4) is 0 Å². The molecule has 2 rings (SSSR count). The van der Waals surface area contributed by atoms with E-state index in [0.29, 0.717) is 6.04 Å². The van der Waals surface area contributed by atoms with Crippen molar-refractivity contribution in [2.24, 2.45) is 14.1 Å². The van der Waals surface area contributed by atoms with Gasteiger partial charge in [0, 0.05) is 26.2 Å². The van der Waals surface area contributed by atoms with Crippen molar-refractivity contribution in [3.05, 3.63) is 20.8 Å². The number of rotatable bonds is 3. The van der Waals surface area contributed by atoms with E-state index in [4.69, 9.17) is 0 Å². The summed E-state index contributed by atoms with van der Waals surface area (Å²) in [5.74, 6) is 0.258. The molecule has 0 aliphatic heterocycles. The lowest BCUT2D eigenvalue weighted by Crippen LogP contribution is -2.48. The average Bonchev–Trinajstić information content (AvgIpc) is 2.43. The molecule has 0 aromatic carbocycles. The van der Waals surface area contributed by atoms with Crippen LogP contribution in [0.15, 0.2) is 9.59 Å². The zero-order valence-corrected chi connectivity index (χ0v) is 12.6. The average molecular weight is 281 g/mol. The molecule has 1 N–H and O–H groups in total. The van der Waals surface area contributed by atoms with E-state index in [9.17, 15) is 9.59 Å². The molecule has 1 aromatic rings. The molecule has 0 spiro atoms. The summed E-state index contributed by atoms with van der Waals surface area (Å²) in [6, 6.07) is 0.573. The van der Waals surface area contributed by atoms with Gasteiger partial charge in [0.05, 0.1) is 0 Å². The van der Waals surface area contributed by atoms with E-state index in [2.05, 4.69) is 29.4 Å². The van der Waals surface area contributed by atoms with Crippen LogP contribution in [-0.4, -0.2) is 45.4 Å². The molecule has 20 heavy (non-hydrogen) atoms. The molecule has 112 valence electrons. The number of nitrogens with one attached hydrogen (secondary N) is 1. The highest BCUT2D eigenvalue weighted by molar-refractivity contribution is 5.32. The van der Waals surface area contributed by atoms with E-state index in [1.807, 2.05) is 0 Å². The third kappa shape index (κ3) is 2.77. The first-order valence-corrected chi connectivity index (χ1v) is 6.99. The lowest BCUT2D eigenvalue weighted by molar-refractivity contribution is 0.211. The molecule has 1 aromatic heterocycles. The largest absolute Gasteiger partial charge is 0.360 e. The van der Waals surface area contributed by atoms with Gasteiger partial charge in [0.25, 0.3) is 5.56 Å². The minimum absolute atomic E-state index is 0.191. The maximum absolute atomic E-state index is 12.1. The Kier molecular flexibility index (Phi) is 4.27. The summed E-state index contributed by atoms with van der Waals surface area (Å²) in [5.41, 5.74) is -0.774. The highest BCUT2D eigenvalue weighted by atomic mass is 16.2. The number of hydrogen-bond donors (Lipinski definition) is 1. The second-order valence-electron chi connectivity index (χ2n) is 5.69. The van der Waals surface area contributed by atoms with Gasteiger partial charge in [-0.25, -0.2) is 9.48 Å². The molecule has 1 fully saturated rings. The van der Waals surface area contributed by atoms with Crippen molar-refractivity contribution in [1.82, 2.24) is 19.2 Å². The van der Waals surface area contributed by atoms with Gasteiger partial charge in [0.15, 0.2) is 0 Å². The molecular formula is C13H23N5O2. The molecule has 0 saturated heterocycles. The SMILES string of the molecule is CN(C)C1CCCC[C@H]1Nc1nn(C)c(=O)n(C)c1=O. The number of aryl methyl sites for hydroxylation is 1. The Bertz CT molecular complexity index is 589. The Morgan fingerprint density at radius 2 is 1.85 bits per heavy atom. The van der Waals surface area contributed by atoms with Crippen LogP contribution in [0.2, 0.25) is 0 Å². The summed E-state index contributed by atoms with van der Waals surface area (Å²) in [4.78, 5) is 25.9. The van der Waals surface area contributed by atoms with Gasteiger partial charge in [-0.05, 0) is 26.9 Å². The molecular weight excluding hydrogens is 258 g/mol. The first-order valence-electron chi connectivity index (χ1n) is 6.99. The maximum Gasteiger partial charge on any atom is 0.346 e. The van der Waals surface area contributed by atoms with Gasteiger partial charge in [-0.2, -0.15) is 0 Å². The molecule has 1 aliphatic carbocycles. The zero-order valence-electron chi connectivity index (χ0n) is 12.6. The van der Waals surface area contributed by atoms with Gasteiger partial charge in [-0.1, -0.05) is 12.8 Å². The second-order valence-corrected chi connectivity index (χ2v) is 5.69. The molecule has 0 radical (unpaired) electrons. The Balaban J connectivity index is 2.29. The predicted octanol–water partition coefficient (Wildman–Crippen LogP) is -0.236. The van der Waals surface area contributed by atoms with Crippen LogP contribution in [0.3, 0.4) is 0 Å². The van der Waals surface area contributed by atoms with E-state index in [1.165, 1.54) is 18.2 Å². The van der Waals surface area contributed by atoms with Crippen LogP contribution in [0.4, 0.5) is 5.82 Å². The molecule has 0 amide bonds. The van der Waals surface area contributed by atoms with Crippen LogP contribution in [-0.2, 0) is 14.1 Å². The molecule has 1 heterocycles. The van der Waals surface area contributed by atoms with Crippen molar-refractivity contribution in [3.63, 3.8) is 0 Å². The van der Waals surface area contributed by atoms with E-state index in [1.54, 1.807) is 7.05 Å². The Labute approximate surface area is 118 Å². The Hall–Kier alpha value is -1.63. The molecule has 0 bridgehead atoms. The van der Waals surface area contributed by atoms with Gasteiger partial charge in [-0.15, -0.1) is 5.10 Å². The van der Waals surface area contributed by atoms with Crippen molar-refractivity contribution in [2.75, 3.05) is 19.4 Å². The summed E-state index contributed by atoms with van der Waals surface area (Å²) >= 11 is 0. The van der Waals surface area contributed by atoms with Gasteiger partial charge in [0.1, 0.15) is 0 Å². The van der Waals surface area contributed by atoms with Crippen molar-refractivity contribution >= 4 is 5.82 Å².